The van der Waals surface area contributed by atoms with Gasteiger partial charge in [0.25, 0.3) is 12.3 Å². The molecular formula is C8H7F3N2O. The molecule has 0 aliphatic rings. The van der Waals surface area contributed by atoms with Crippen LogP contribution in [0.1, 0.15) is 28.0 Å². The van der Waals surface area contributed by atoms with Crippen molar-refractivity contribution in [2.45, 2.75) is 13.3 Å². The Hall–Kier alpha value is -1.59. The largest absolute Gasteiger partial charge is 0.365 e. The van der Waals surface area contributed by atoms with Gasteiger partial charge in [-0.2, -0.15) is 4.39 Å². The number of hydrogen-bond donors (Lipinski definition) is 1. The van der Waals surface area contributed by atoms with E-state index >= 15 is 0 Å². The first-order valence-electron chi connectivity index (χ1n) is 3.68. The molecule has 0 radical (unpaired) electrons. The van der Waals surface area contributed by atoms with Crippen LogP contribution < -0.4 is 5.73 Å². The maximum absolute atomic E-state index is 13.0. The van der Waals surface area contributed by atoms with Gasteiger partial charge in [-0.25, -0.2) is 13.8 Å². The van der Waals surface area contributed by atoms with Crippen LogP contribution in [0.4, 0.5) is 13.2 Å². The third-order valence-electron chi connectivity index (χ3n) is 1.62. The van der Waals surface area contributed by atoms with E-state index < -0.39 is 29.4 Å². The van der Waals surface area contributed by atoms with Gasteiger partial charge in [0.1, 0.15) is 5.56 Å². The lowest BCUT2D eigenvalue weighted by Crippen LogP contribution is -2.17. The summed E-state index contributed by atoms with van der Waals surface area (Å²) in [5.41, 5.74) is 3.26. The van der Waals surface area contributed by atoms with Crippen LogP contribution in [0.2, 0.25) is 0 Å². The number of nitrogens with zero attached hydrogens (tertiary/aromatic N) is 1. The molecule has 2 N–H and O–H groups in total. The van der Waals surface area contributed by atoms with Crippen LogP contribution in [-0.4, -0.2) is 10.9 Å². The summed E-state index contributed by atoms with van der Waals surface area (Å²) in [5.74, 6) is -2.50. The predicted molar refractivity (Wildman–Crippen MR) is 42.4 cm³/mol. The number of carbonyl (C=O) groups is 1. The summed E-state index contributed by atoms with van der Waals surface area (Å²) in [5, 5.41) is 0. The fraction of sp³-hybridized carbons (Fsp3) is 0.250. The van der Waals surface area contributed by atoms with Gasteiger partial charge in [-0.1, -0.05) is 0 Å². The van der Waals surface area contributed by atoms with E-state index in [-0.39, 0.29) is 5.69 Å². The average Bonchev–Trinajstić information content (AvgIpc) is 2.01. The number of amides is 1. The van der Waals surface area contributed by atoms with Gasteiger partial charge < -0.3 is 5.73 Å². The molecule has 1 aromatic heterocycles. The SMILES string of the molecule is Cc1cc(C(F)F)c(C(N)=O)c(F)n1. The summed E-state index contributed by atoms with van der Waals surface area (Å²) < 4.78 is 37.7. The molecular weight excluding hydrogens is 197 g/mol. The molecule has 0 bridgehead atoms. The molecule has 0 aliphatic carbocycles. The maximum atomic E-state index is 13.0. The molecule has 0 fully saturated rings. The molecule has 6 heteroatoms. The molecule has 0 unspecified atom stereocenters. The van der Waals surface area contributed by atoms with Crippen LogP contribution in [0.25, 0.3) is 0 Å². The summed E-state index contributed by atoms with van der Waals surface area (Å²) in [6.07, 6.45) is -2.95. The van der Waals surface area contributed by atoms with Crippen LogP contribution >= 0.6 is 0 Å². The molecule has 3 nitrogen and oxygen atoms in total. The summed E-state index contributed by atoms with van der Waals surface area (Å²) in [6, 6.07) is 0.938. The van der Waals surface area contributed by atoms with E-state index in [0.29, 0.717) is 0 Å². The number of rotatable bonds is 2. The number of alkyl halides is 2. The molecule has 1 aromatic rings. The van der Waals surface area contributed by atoms with Crippen molar-refractivity contribution in [2.75, 3.05) is 0 Å². The average molecular weight is 204 g/mol. The highest BCUT2D eigenvalue weighted by molar-refractivity contribution is 5.94. The number of halogens is 3. The number of hydrogen-bond acceptors (Lipinski definition) is 2. The van der Waals surface area contributed by atoms with Crippen LogP contribution in [0.15, 0.2) is 6.07 Å². The van der Waals surface area contributed by atoms with E-state index in [1.54, 1.807) is 0 Å². The van der Waals surface area contributed by atoms with Gasteiger partial charge in [0.15, 0.2) is 0 Å². The first-order chi connectivity index (χ1) is 6.43. The minimum atomic E-state index is -2.95. The molecule has 1 rings (SSSR count). The normalized spacial score (nSPS) is 10.6. The number of aromatic nitrogens is 1. The van der Waals surface area contributed by atoms with Gasteiger partial charge in [-0.15, -0.1) is 0 Å². The molecule has 0 aromatic carbocycles. The molecule has 1 amide bonds. The van der Waals surface area contributed by atoms with Gasteiger partial charge in [-0.05, 0) is 13.0 Å². The van der Waals surface area contributed by atoms with Crippen LogP contribution in [-0.2, 0) is 0 Å². The Labute approximate surface area is 77.7 Å². The molecule has 0 saturated carbocycles. The standard InChI is InChI=1S/C8H7F3N2O/c1-3-2-4(6(9)10)5(8(12)14)7(11)13-3/h2,6H,1H3,(H2,12,14). The lowest BCUT2D eigenvalue weighted by atomic mass is 10.1. The van der Waals surface area contributed by atoms with Crippen molar-refractivity contribution in [2.24, 2.45) is 5.73 Å². The summed E-state index contributed by atoms with van der Waals surface area (Å²) >= 11 is 0. The monoisotopic (exact) mass is 204 g/mol. The van der Waals surface area contributed by atoms with Crippen molar-refractivity contribution in [1.82, 2.24) is 4.98 Å². The van der Waals surface area contributed by atoms with Crippen LogP contribution in [0, 0.1) is 12.9 Å². The topological polar surface area (TPSA) is 56.0 Å². The van der Waals surface area contributed by atoms with Gasteiger partial charge in [0.05, 0.1) is 0 Å². The second-order valence-corrected chi connectivity index (χ2v) is 2.68. The molecule has 76 valence electrons. The molecule has 1 heterocycles. The van der Waals surface area contributed by atoms with E-state index in [1.807, 2.05) is 0 Å². The summed E-state index contributed by atoms with van der Waals surface area (Å²) in [6.45, 7) is 1.35. The summed E-state index contributed by atoms with van der Waals surface area (Å²) in [4.78, 5) is 13.9. The Balaban J connectivity index is 3.44. The zero-order chi connectivity index (χ0) is 10.9. The third-order valence-corrected chi connectivity index (χ3v) is 1.62. The molecule has 0 atom stereocenters. The molecule has 0 aliphatic heterocycles. The second kappa shape index (κ2) is 3.65. The van der Waals surface area contributed by atoms with Gasteiger partial charge >= 0.3 is 0 Å². The molecule has 0 saturated heterocycles. The van der Waals surface area contributed by atoms with Crippen LogP contribution in [0.3, 0.4) is 0 Å². The van der Waals surface area contributed by atoms with Gasteiger partial charge in [-0.3, -0.25) is 4.79 Å². The minimum Gasteiger partial charge on any atom is -0.365 e. The smallest absolute Gasteiger partial charge is 0.264 e. The van der Waals surface area contributed by atoms with Crippen molar-refractivity contribution >= 4 is 5.91 Å². The minimum absolute atomic E-state index is 0.0720. The maximum Gasteiger partial charge on any atom is 0.264 e. The van der Waals surface area contributed by atoms with Crippen molar-refractivity contribution in [1.29, 1.82) is 0 Å². The zero-order valence-corrected chi connectivity index (χ0v) is 7.22. The van der Waals surface area contributed by atoms with E-state index in [1.165, 1.54) is 6.92 Å². The Morgan fingerprint density at radius 1 is 1.57 bits per heavy atom. The highest BCUT2D eigenvalue weighted by Crippen LogP contribution is 2.24. The Morgan fingerprint density at radius 2 is 2.14 bits per heavy atom. The number of aryl methyl sites for hydroxylation is 1. The summed E-state index contributed by atoms with van der Waals surface area (Å²) in [7, 11) is 0. The zero-order valence-electron chi connectivity index (χ0n) is 7.22. The van der Waals surface area contributed by atoms with Crippen molar-refractivity contribution in [3.63, 3.8) is 0 Å². The van der Waals surface area contributed by atoms with Gasteiger partial charge in [0, 0.05) is 11.3 Å². The van der Waals surface area contributed by atoms with Crippen molar-refractivity contribution in [3.8, 4) is 0 Å². The van der Waals surface area contributed by atoms with E-state index in [4.69, 9.17) is 5.73 Å². The van der Waals surface area contributed by atoms with E-state index in [0.717, 1.165) is 6.07 Å². The van der Waals surface area contributed by atoms with E-state index in [2.05, 4.69) is 4.98 Å². The Bertz CT molecular complexity index is 379. The first kappa shape index (κ1) is 10.5. The first-order valence-corrected chi connectivity index (χ1v) is 3.68. The molecule has 0 spiro atoms. The van der Waals surface area contributed by atoms with Gasteiger partial charge in [0.2, 0.25) is 5.95 Å². The molecule has 14 heavy (non-hydrogen) atoms. The lowest BCUT2D eigenvalue weighted by Gasteiger charge is -2.06. The van der Waals surface area contributed by atoms with E-state index in [9.17, 15) is 18.0 Å². The van der Waals surface area contributed by atoms with Crippen LogP contribution in [0.5, 0.6) is 0 Å². The fourth-order valence-corrected chi connectivity index (χ4v) is 1.08. The van der Waals surface area contributed by atoms with Crippen molar-refractivity contribution < 1.29 is 18.0 Å². The number of pyridine rings is 1. The van der Waals surface area contributed by atoms with Crippen molar-refractivity contribution in [3.05, 3.63) is 28.8 Å². The number of primary amides is 1. The fourth-order valence-electron chi connectivity index (χ4n) is 1.08. The Morgan fingerprint density at radius 3 is 2.57 bits per heavy atom. The number of nitrogens with two attached hydrogens (primary N) is 1. The number of carbonyl (C=O) groups excluding carboxylic acids is 1. The predicted octanol–water partition coefficient (Wildman–Crippen LogP) is 1.57. The highest BCUT2D eigenvalue weighted by atomic mass is 19.3. The quantitative estimate of drug-likeness (QED) is 0.743. The third kappa shape index (κ3) is 1.84. The second-order valence-electron chi connectivity index (χ2n) is 2.68. The lowest BCUT2D eigenvalue weighted by molar-refractivity contribution is 0.0979. The Kier molecular flexibility index (Phi) is 2.73. The highest BCUT2D eigenvalue weighted by Gasteiger charge is 2.22.